The van der Waals surface area contributed by atoms with E-state index in [-0.39, 0.29) is 0 Å². The predicted molar refractivity (Wildman–Crippen MR) is 72.2 cm³/mol. The van der Waals surface area contributed by atoms with Crippen LogP contribution >= 0.6 is 0 Å². The first-order chi connectivity index (χ1) is 8.81. The van der Waals surface area contributed by atoms with E-state index in [2.05, 4.69) is 39.6 Å². The first-order valence-electron chi connectivity index (χ1n) is 6.21. The molecular formula is C14H16N4. The van der Waals surface area contributed by atoms with Crippen LogP contribution in [0.5, 0.6) is 0 Å². The fraction of sp³-hybridized carbons (Fsp3) is 0.286. The third kappa shape index (κ3) is 2.59. The van der Waals surface area contributed by atoms with Gasteiger partial charge in [-0.25, -0.2) is 9.97 Å². The summed E-state index contributed by atoms with van der Waals surface area (Å²) in [5.41, 5.74) is 8.31. The van der Waals surface area contributed by atoms with Crippen LogP contribution in [-0.2, 0) is 6.54 Å². The molecule has 0 saturated heterocycles. The Balaban J connectivity index is 1.62. The van der Waals surface area contributed by atoms with Crippen LogP contribution in [0.2, 0.25) is 0 Å². The van der Waals surface area contributed by atoms with Gasteiger partial charge < -0.3 is 11.1 Å². The van der Waals surface area contributed by atoms with Crippen LogP contribution in [0.15, 0.2) is 36.7 Å². The Kier molecular flexibility index (Phi) is 2.84. The predicted octanol–water partition coefficient (Wildman–Crippen LogP) is 2.55. The van der Waals surface area contributed by atoms with Crippen molar-refractivity contribution in [3.8, 4) is 0 Å². The maximum absolute atomic E-state index is 5.60. The summed E-state index contributed by atoms with van der Waals surface area (Å²) in [6.07, 6.45) is 4.16. The van der Waals surface area contributed by atoms with Crippen molar-refractivity contribution in [1.29, 1.82) is 0 Å². The average Bonchev–Trinajstić information content (AvgIpc) is 3.21. The number of hydrogen-bond acceptors (Lipinski definition) is 4. The van der Waals surface area contributed by atoms with E-state index in [1.54, 1.807) is 6.07 Å². The zero-order valence-corrected chi connectivity index (χ0v) is 10.1. The maximum Gasteiger partial charge on any atom is 0.131 e. The lowest BCUT2D eigenvalue weighted by atomic mass is 10.1. The van der Waals surface area contributed by atoms with E-state index < -0.39 is 0 Å². The molecule has 2 aromatic rings. The third-order valence-corrected chi connectivity index (χ3v) is 3.19. The summed E-state index contributed by atoms with van der Waals surface area (Å²) in [5.74, 6) is 2.05. The molecule has 0 unspecified atom stereocenters. The largest absolute Gasteiger partial charge is 0.384 e. The van der Waals surface area contributed by atoms with Gasteiger partial charge >= 0.3 is 0 Å². The Morgan fingerprint density at radius 3 is 2.61 bits per heavy atom. The molecule has 4 heteroatoms. The summed E-state index contributed by atoms with van der Waals surface area (Å²) >= 11 is 0. The first-order valence-corrected chi connectivity index (χ1v) is 6.21. The Morgan fingerprint density at radius 1 is 1.17 bits per heavy atom. The summed E-state index contributed by atoms with van der Waals surface area (Å²) in [6.45, 7) is 0.751. The molecule has 0 amide bonds. The lowest BCUT2D eigenvalue weighted by Gasteiger charge is -2.06. The highest BCUT2D eigenvalue weighted by molar-refractivity contribution is 5.43. The molecule has 4 nitrogen and oxygen atoms in total. The van der Waals surface area contributed by atoms with E-state index in [9.17, 15) is 0 Å². The van der Waals surface area contributed by atoms with E-state index in [1.165, 1.54) is 30.3 Å². The molecule has 0 aliphatic heterocycles. The Hall–Kier alpha value is -2.10. The Morgan fingerprint density at radius 2 is 1.94 bits per heavy atom. The first kappa shape index (κ1) is 11.0. The minimum atomic E-state index is 0.483. The molecule has 18 heavy (non-hydrogen) atoms. The zero-order valence-electron chi connectivity index (χ0n) is 10.1. The van der Waals surface area contributed by atoms with Gasteiger partial charge in [-0.05, 0) is 29.9 Å². The van der Waals surface area contributed by atoms with Gasteiger partial charge in [0.2, 0.25) is 0 Å². The number of anilines is 2. The number of nitrogens with two attached hydrogens (primary N) is 1. The van der Waals surface area contributed by atoms with Gasteiger partial charge in [-0.1, -0.05) is 24.3 Å². The number of nitrogen functional groups attached to an aromatic ring is 1. The fourth-order valence-electron chi connectivity index (χ4n) is 1.99. The number of rotatable bonds is 4. The minimum absolute atomic E-state index is 0.483. The van der Waals surface area contributed by atoms with E-state index in [1.807, 2.05) is 0 Å². The number of benzene rings is 1. The molecular weight excluding hydrogens is 224 g/mol. The maximum atomic E-state index is 5.60. The molecule has 3 N–H and O–H groups in total. The van der Waals surface area contributed by atoms with Crippen LogP contribution < -0.4 is 11.1 Å². The Labute approximate surface area is 106 Å². The molecule has 1 aromatic heterocycles. The van der Waals surface area contributed by atoms with Crippen molar-refractivity contribution in [3.63, 3.8) is 0 Å². The van der Waals surface area contributed by atoms with Gasteiger partial charge in [0.1, 0.15) is 18.0 Å². The van der Waals surface area contributed by atoms with E-state index in [0.29, 0.717) is 5.82 Å². The van der Waals surface area contributed by atoms with Crippen molar-refractivity contribution in [3.05, 3.63) is 47.8 Å². The van der Waals surface area contributed by atoms with Crippen molar-refractivity contribution < 1.29 is 0 Å². The summed E-state index contributed by atoms with van der Waals surface area (Å²) in [4.78, 5) is 7.97. The second-order valence-electron chi connectivity index (χ2n) is 4.70. The van der Waals surface area contributed by atoms with Crippen molar-refractivity contribution >= 4 is 11.6 Å². The van der Waals surface area contributed by atoms with E-state index >= 15 is 0 Å². The minimum Gasteiger partial charge on any atom is -0.384 e. The smallest absolute Gasteiger partial charge is 0.131 e. The molecule has 1 fully saturated rings. The highest BCUT2D eigenvalue weighted by Crippen LogP contribution is 2.39. The number of nitrogens with one attached hydrogen (secondary N) is 1. The van der Waals surface area contributed by atoms with E-state index in [4.69, 9.17) is 5.73 Å². The molecule has 92 valence electrons. The van der Waals surface area contributed by atoms with Gasteiger partial charge in [0.15, 0.2) is 0 Å². The van der Waals surface area contributed by atoms with Gasteiger partial charge in [-0.3, -0.25) is 0 Å². The number of aromatic nitrogens is 2. The number of hydrogen-bond donors (Lipinski definition) is 2. The van der Waals surface area contributed by atoms with Gasteiger partial charge in [0, 0.05) is 12.6 Å². The van der Waals surface area contributed by atoms with Gasteiger partial charge in [0.25, 0.3) is 0 Å². The summed E-state index contributed by atoms with van der Waals surface area (Å²) in [7, 11) is 0. The monoisotopic (exact) mass is 240 g/mol. The van der Waals surface area contributed by atoms with Crippen LogP contribution in [0.4, 0.5) is 11.6 Å². The van der Waals surface area contributed by atoms with Crippen LogP contribution in [0.3, 0.4) is 0 Å². The second-order valence-corrected chi connectivity index (χ2v) is 4.70. The van der Waals surface area contributed by atoms with Crippen LogP contribution in [0.1, 0.15) is 29.9 Å². The molecule has 1 heterocycles. The van der Waals surface area contributed by atoms with Crippen molar-refractivity contribution in [1.82, 2.24) is 9.97 Å². The average molecular weight is 240 g/mol. The van der Waals surface area contributed by atoms with Crippen LogP contribution in [0, 0.1) is 0 Å². The zero-order chi connectivity index (χ0) is 12.4. The lowest BCUT2D eigenvalue weighted by molar-refractivity contribution is 1.07. The van der Waals surface area contributed by atoms with Gasteiger partial charge in [-0.15, -0.1) is 0 Å². The van der Waals surface area contributed by atoms with Gasteiger partial charge in [0.05, 0.1) is 0 Å². The quantitative estimate of drug-likeness (QED) is 0.862. The molecule has 1 aromatic carbocycles. The second kappa shape index (κ2) is 4.64. The molecule has 3 rings (SSSR count). The SMILES string of the molecule is Nc1cc(NCc2ccc(C3CC3)cc2)ncn1. The van der Waals surface area contributed by atoms with Crippen molar-refractivity contribution in [2.45, 2.75) is 25.3 Å². The normalized spacial score (nSPS) is 14.4. The van der Waals surface area contributed by atoms with Crippen LogP contribution in [0.25, 0.3) is 0 Å². The van der Waals surface area contributed by atoms with Crippen molar-refractivity contribution in [2.24, 2.45) is 0 Å². The van der Waals surface area contributed by atoms with E-state index in [0.717, 1.165) is 18.3 Å². The Bertz CT molecular complexity index is 532. The highest BCUT2D eigenvalue weighted by atomic mass is 15.0. The standard InChI is InChI=1S/C14H16N4/c15-13-7-14(18-9-17-13)16-8-10-1-3-11(4-2-10)12-5-6-12/h1-4,7,9,12H,5-6,8H2,(H3,15,16,17,18). The fourth-order valence-corrected chi connectivity index (χ4v) is 1.99. The lowest BCUT2D eigenvalue weighted by Crippen LogP contribution is -2.02. The molecule has 0 bridgehead atoms. The summed E-state index contributed by atoms with van der Waals surface area (Å²) in [5, 5.41) is 3.23. The molecule has 1 aliphatic rings. The topological polar surface area (TPSA) is 63.8 Å². The molecule has 0 spiro atoms. The molecule has 0 atom stereocenters. The third-order valence-electron chi connectivity index (χ3n) is 3.19. The van der Waals surface area contributed by atoms with Gasteiger partial charge in [-0.2, -0.15) is 0 Å². The van der Waals surface area contributed by atoms with Crippen molar-refractivity contribution in [2.75, 3.05) is 11.1 Å². The summed E-state index contributed by atoms with van der Waals surface area (Å²) in [6, 6.07) is 10.5. The molecule has 1 aliphatic carbocycles. The summed E-state index contributed by atoms with van der Waals surface area (Å²) < 4.78 is 0. The number of nitrogens with zero attached hydrogens (tertiary/aromatic N) is 2. The van der Waals surface area contributed by atoms with Crippen LogP contribution in [-0.4, -0.2) is 9.97 Å². The molecule has 1 saturated carbocycles. The highest BCUT2D eigenvalue weighted by Gasteiger charge is 2.22. The molecule has 0 radical (unpaired) electrons.